The fraction of sp³-hybridized carbons (Fsp3) is 0.368. The molecule has 23 heavy (non-hydrogen) atoms. The third-order valence-corrected chi connectivity index (χ3v) is 4.20. The molecule has 0 bridgehead atoms. The average Bonchev–Trinajstić information content (AvgIpc) is 2.53. The lowest BCUT2D eigenvalue weighted by Gasteiger charge is -2.36. The molecule has 122 valence electrons. The van der Waals surface area contributed by atoms with Crippen LogP contribution in [-0.2, 0) is 16.9 Å². The summed E-state index contributed by atoms with van der Waals surface area (Å²) in [4.78, 5) is 0. The summed E-state index contributed by atoms with van der Waals surface area (Å²) < 4.78 is 25.1. The molecular weight excluding hydrogens is 295 g/mol. The molecule has 2 atom stereocenters. The minimum atomic E-state index is -1.06. The van der Waals surface area contributed by atoms with Gasteiger partial charge in [-0.15, -0.1) is 0 Å². The summed E-state index contributed by atoms with van der Waals surface area (Å²) in [6.07, 6.45) is 0.860. The summed E-state index contributed by atoms with van der Waals surface area (Å²) in [5, 5.41) is 10.8. The average molecular weight is 316 g/mol. The smallest absolute Gasteiger partial charge is 0.127 e. The summed E-state index contributed by atoms with van der Waals surface area (Å²) in [7, 11) is 0. The third-order valence-electron chi connectivity index (χ3n) is 4.20. The summed E-state index contributed by atoms with van der Waals surface area (Å²) in [5.74, 6) is 0.0227. The van der Waals surface area contributed by atoms with Crippen LogP contribution in [0, 0.1) is 5.82 Å². The van der Waals surface area contributed by atoms with Crippen molar-refractivity contribution in [3.63, 3.8) is 0 Å². The van der Waals surface area contributed by atoms with Gasteiger partial charge in [0, 0.05) is 18.9 Å². The van der Waals surface area contributed by atoms with Gasteiger partial charge in [-0.2, -0.15) is 0 Å². The Bertz CT molecular complexity index is 659. The van der Waals surface area contributed by atoms with Gasteiger partial charge in [0.25, 0.3) is 0 Å². The number of halogens is 1. The maximum atomic E-state index is 14.0. The van der Waals surface area contributed by atoms with Gasteiger partial charge in [0.2, 0.25) is 0 Å². The summed E-state index contributed by atoms with van der Waals surface area (Å²) in [6.45, 7) is 2.74. The van der Waals surface area contributed by atoms with Gasteiger partial charge in [0.05, 0.1) is 18.3 Å². The molecule has 3 rings (SSSR count). The van der Waals surface area contributed by atoms with Crippen LogP contribution in [0.4, 0.5) is 4.39 Å². The van der Waals surface area contributed by atoms with Crippen LogP contribution in [0.2, 0.25) is 0 Å². The molecule has 0 amide bonds. The van der Waals surface area contributed by atoms with Crippen LogP contribution in [0.5, 0.6) is 5.75 Å². The first kappa shape index (κ1) is 16.0. The van der Waals surface area contributed by atoms with E-state index in [0.29, 0.717) is 37.4 Å². The number of hydrogen-bond donors (Lipinski definition) is 1. The van der Waals surface area contributed by atoms with Gasteiger partial charge in [0.1, 0.15) is 18.2 Å². The van der Waals surface area contributed by atoms with Crippen molar-refractivity contribution < 1.29 is 19.0 Å². The summed E-state index contributed by atoms with van der Waals surface area (Å²) >= 11 is 0. The highest BCUT2D eigenvalue weighted by molar-refractivity contribution is 5.34. The van der Waals surface area contributed by atoms with E-state index in [1.807, 2.05) is 37.3 Å². The molecule has 1 heterocycles. The van der Waals surface area contributed by atoms with Gasteiger partial charge in [-0.05, 0) is 30.2 Å². The normalized spacial score (nSPS) is 24.4. The lowest BCUT2D eigenvalue weighted by atomic mass is 9.84. The molecule has 1 aliphatic heterocycles. The minimum Gasteiger partial charge on any atom is -0.489 e. The highest BCUT2D eigenvalue weighted by atomic mass is 19.1. The van der Waals surface area contributed by atoms with Gasteiger partial charge in [0.15, 0.2) is 0 Å². The highest BCUT2D eigenvalue weighted by Crippen LogP contribution is 2.36. The van der Waals surface area contributed by atoms with Crippen LogP contribution in [0.15, 0.2) is 48.5 Å². The van der Waals surface area contributed by atoms with Gasteiger partial charge >= 0.3 is 0 Å². The van der Waals surface area contributed by atoms with Crippen LogP contribution >= 0.6 is 0 Å². The standard InChI is InChI=1S/C19H21FO3/c1-14-12-19(21,7-8-22-14)16-9-17(20)11-18(10-16)23-13-15-5-3-2-4-6-15/h2-6,9-11,14,21H,7-8,12-13H2,1H3/t14-,19+/m0/s1. The molecule has 4 heteroatoms. The van der Waals surface area contributed by atoms with Gasteiger partial charge in [-0.1, -0.05) is 30.3 Å². The third kappa shape index (κ3) is 3.89. The number of rotatable bonds is 4. The molecular formula is C19H21FO3. The zero-order valence-electron chi connectivity index (χ0n) is 13.2. The maximum absolute atomic E-state index is 14.0. The van der Waals surface area contributed by atoms with E-state index in [4.69, 9.17) is 9.47 Å². The molecule has 2 aromatic rings. The van der Waals surface area contributed by atoms with E-state index in [-0.39, 0.29) is 6.10 Å². The zero-order chi connectivity index (χ0) is 16.3. The van der Waals surface area contributed by atoms with Crippen molar-refractivity contribution in [3.05, 3.63) is 65.5 Å². The van der Waals surface area contributed by atoms with Crippen molar-refractivity contribution in [3.8, 4) is 5.75 Å². The first-order chi connectivity index (χ1) is 11.0. The fourth-order valence-electron chi connectivity index (χ4n) is 2.98. The van der Waals surface area contributed by atoms with Crippen LogP contribution in [-0.4, -0.2) is 17.8 Å². The molecule has 0 radical (unpaired) electrons. The van der Waals surface area contributed by atoms with E-state index < -0.39 is 11.4 Å². The van der Waals surface area contributed by atoms with E-state index >= 15 is 0 Å². The molecule has 1 fully saturated rings. The van der Waals surface area contributed by atoms with Crippen LogP contribution in [0.3, 0.4) is 0 Å². The van der Waals surface area contributed by atoms with Gasteiger partial charge in [-0.3, -0.25) is 0 Å². The Morgan fingerprint density at radius 1 is 1.26 bits per heavy atom. The minimum absolute atomic E-state index is 0.0503. The highest BCUT2D eigenvalue weighted by Gasteiger charge is 2.35. The van der Waals surface area contributed by atoms with Crippen LogP contribution in [0.1, 0.15) is 30.9 Å². The van der Waals surface area contributed by atoms with E-state index in [9.17, 15) is 9.50 Å². The second-order valence-corrected chi connectivity index (χ2v) is 6.12. The molecule has 0 spiro atoms. The van der Waals surface area contributed by atoms with Gasteiger partial charge in [-0.25, -0.2) is 4.39 Å². The topological polar surface area (TPSA) is 38.7 Å². The molecule has 2 aromatic carbocycles. The van der Waals surface area contributed by atoms with Crippen molar-refractivity contribution in [2.45, 2.75) is 38.1 Å². The predicted octanol–water partition coefficient (Wildman–Crippen LogP) is 3.79. The van der Waals surface area contributed by atoms with Crippen molar-refractivity contribution in [1.82, 2.24) is 0 Å². The molecule has 1 saturated heterocycles. The summed E-state index contributed by atoms with van der Waals surface area (Å²) in [6, 6.07) is 14.2. The maximum Gasteiger partial charge on any atom is 0.127 e. The lowest BCUT2D eigenvalue weighted by Crippen LogP contribution is -2.37. The van der Waals surface area contributed by atoms with Crippen molar-refractivity contribution >= 4 is 0 Å². The van der Waals surface area contributed by atoms with E-state index in [0.717, 1.165) is 5.56 Å². The Morgan fingerprint density at radius 2 is 2.04 bits per heavy atom. The monoisotopic (exact) mass is 316 g/mol. The molecule has 0 unspecified atom stereocenters. The Labute approximate surface area is 135 Å². The number of benzene rings is 2. The molecule has 1 aliphatic rings. The molecule has 1 N–H and O–H groups in total. The molecule has 0 aliphatic carbocycles. The van der Waals surface area contributed by atoms with Gasteiger partial charge < -0.3 is 14.6 Å². The Kier molecular flexibility index (Phi) is 4.64. The Balaban J connectivity index is 1.79. The second-order valence-electron chi connectivity index (χ2n) is 6.12. The zero-order valence-corrected chi connectivity index (χ0v) is 13.2. The van der Waals surface area contributed by atoms with E-state index in [1.54, 1.807) is 6.07 Å². The molecule has 0 aromatic heterocycles. The number of ether oxygens (including phenoxy) is 2. The molecule has 0 saturated carbocycles. The Hall–Kier alpha value is -1.91. The number of hydrogen-bond acceptors (Lipinski definition) is 3. The summed E-state index contributed by atoms with van der Waals surface area (Å²) in [5.41, 5.74) is 0.498. The van der Waals surface area contributed by atoms with Crippen molar-refractivity contribution in [2.75, 3.05) is 6.61 Å². The van der Waals surface area contributed by atoms with Crippen LogP contribution < -0.4 is 4.74 Å². The van der Waals surface area contributed by atoms with Crippen molar-refractivity contribution in [1.29, 1.82) is 0 Å². The largest absolute Gasteiger partial charge is 0.489 e. The second kappa shape index (κ2) is 6.69. The van der Waals surface area contributed by atoms with Crippen molar-refractivity contribution in [2.24, 2.45) is 0 Å². The SMILES string of the molecule is C[C@H]1C[C@@](O)(c2cc(F)cc(OCc3ccccc3)c2)CCO1. The molecule has 3 nitrogen and oxygen atoms in total. The van der Waals surface area contributed by atoms with Crippen LogP contribution in [0.25, 0.3) is 0 Å². The Morgan fingerprint density at radius 3 is 2.78 bits per heavy atom. The van der Waals surface area contributed by atoms with E-state index in [2.05, 4.69) is 0 Å². The van der Waals surface area contributed by atoms with E-state index in [1.165, 1.54) is 12.1 Å². The first-order valence-corrected chi connectivity index (χ1v) is 7.87. The number of aliphatic hydroxyl groups is 1. The lowest BCUT2D eigenvalue weighted by molar-refractivity contribution is -0.101. The fourth-order valence-corrected chi connectivity index (χ4v) is 2.98. The quantitative estimate of drug-likeness (QED) is 0.932. The predicted molar refractivity (Wildman–Crippen MR) is 85.7 cm³/mol. The first-order valence-electron chi connectivity index (χ1n) is 7.87.